The van der Waals surface area contributed by atoms with Crippen LogP contribution in [0.3, 0.4) is 0 Å². The maximum atomic E-state index is 12.7. The van der Waals surface area contributed by atoms with Crippen molar-refractivity contribution in [3.8, 4) is 5.75 Å². The quantitative estimate of drug-likeness (QED) is 0.911. The second-order valence-corrected chi connectivity index (χ2v) is 6.94. The van der Waals surface area contributed by atoms with Gasteiger partial charge in [0.25, 0.3) is 0 Å². The lowest BCUT2D eigenvalue weighted by Crippen LogP contribution is -2.40. The van der Waals surface area contributed by atoms with Crippen LogP contribution in [-0.2, 0) is 15.0 Å². The maximum Gasteiger partial charge on any atom is 0.237 e. The number of hydrogen-bond donors (Lipinski definition) is 1. The minimum absolute atomic E-state index is 0.0162. The molecule has 4 rings (SSSR count). The standard InChI is InChI=1S/C18H22N2O3/c1-23-13-6-7-15-14(10-13)18(17(22)19-15)8-9-20(11-18)16(21)12-4-2-3-5-12/h6-7,10,12H,2-5,8-9,11H2,1H3,(H,19,22)/t18-/m0/s1. The number of benzene rings is 1. The number of likely N-dealkylation sites (tertiary alicyclic amines) is 1. The molecule has 1 aliphatic carbocycles. The van der Waals surface area contributed by atoms with Gasteiger partial charge >= 0.3 is 0 Å². The van der Waals surface area contributed by atoms with E-state index in [1.54, 1.807) is 7.11 Å². The summed E-state index contributed by atoms with van der Waals surface area (Å²) in [5.74, 6) is 1.17. The molecule has 2 amide bonds. The molecule has 3 aliphatic rings. The van der Waals surface area contributed by atoms with E-state index in [0.717, 1.165) is 42.7 Å². The first-order valence-electron chi connectivity index (χ1n) is 8.43. The molecule has 1 aromatic carbocycles. The fraction of sp³-hybridized carbons (Fsp3) is 0.556. The number of methoxy groups -OCH3 is 1. The van der Waals surface area contributed by atoms with Gasteiger partial charge in [0.2, 0.25) is 11.8 Å². The molecular formula is C18H22N2O3. The molecule has 2 heterocycles. The van der Waals surface area contributed by atoms with Crippen molar-refractivity contribution in [2.45, 2.75) is 37.5 Å². The molecule has 0 radical (unpaired) electrons. The normalized spacial score (nSPS) is 26.7. The number of nitrogens with one attached hydrogen (secondary N) is 1. The van der Waals surface area contributed by atoms with E-state index < -0.39 is 5.41 Å². The van der Waals surface area contributed by atoms with Gasteiger partial charge in [-0.05, 0) is 43.0 Å². The van der Waals surface area contributed by atoms with E-state index in [1.165, 1.54) is 0 Å². The van der Waals surface area contributed by atoms with Gasteiger partial charge < -0.3 is 15.0 Å². The van der Waals surface area contributed by atoms with Crippen molar-refractivity contribution in [3.63, 3.8) is 0 Å². The van der Waals surface area contributed by atoms with Gasteiger partial charge in [-0.15, -0.1) is 0 Å². The molecule has 1 aromatic rings. The third-order valence-corrected chi connectivity index (χ3v) is 5.71. The van der Waals surface area contributed by atoms with Crippen LogP contribution >= 0.6 is 0 Å². The van der Waals surface area contributed by atoms with Crippen LogP contribution < -0.4 is 10.1 Å². The molecule has 1 N–H and O–H groups in total. The highest BCUT2D eigenvalue weighted by Crippen LogP contribution is 2.46. The molecule has 1 saturated carbocycles. The molecule has 1 spiro atoms. The lowest BCUT2D eigenvalue weighted by molar-refractivity contribution is -0.134. The summed E-state index contributed by atoms with van der Waals surface area (Å²) < 4.78 is 5.31. The summed E-state index contributed by atoms with van der Waals surface area (Å²) in [6.07, 6.45) is 4.99. The van der Waals surface area contributed by atoms with Crippen molar-refractivity contribution in [1.82, 2.24) is 4.90 Å². The van der Waals surface area contributed by atoms with Crippen LogP contribution in [0.15, 0.2) is 18.2 Å². The Morgan fingerprint density at radius 2 is 2.13 bits per heavy atom. The lowest BCUT2D eigenvalue weighted by atomic mass is 9.81. The van der Waals surface area contributed by atoms with Gasteiger partial charge in [-0.2, -0.15) is 0 Å². The summed E-state index contributed by atoms with van der Waals surface area (Å²) in [4.78, 5) is 27.3. The van der Waals surface area contributed by atoms with Crippen LogP contribution in [0, 0.1) is 5.92 Å². The Balaban J connectivity index is 1.62. The zero-order valence-electron chi connectivity index (χ0n) is 13.4. The Hall–Kier alpha value is -2.04. The number of carbonyl (C=O) groups excluding carboxylic acids is 2. The first kappa shape index (κ1) is 14.5. The van der Waals surface area contributed by atoms with E-state index >= 15 is 0 Å². The molecule has 0 aromatic heterocycles. The number of rotatable bonds is 2. The Bertz CT molecular complexity index is 666. The van der Waals surface area contributed by atoms with Crippen molar-refractivity contribution in [2.75, 3.05) is 25.5 Å². The number of nitrogens with zero attached hydrogens (tertiary/aromatic N) is 1. The molecule has 2 aliphatic heterocycles. The summed E-state index contributed by atoms with van der Waals surface area (Å²) in [5, 5.41) is 2.98. The number of carbonyl (C=O) groups is 2. The van der Waals surface area contributed by atoms with E-state index in [0.29, 0.717) is 19.5 Å². The largest absolute Gasteiger partial charge is 0.497 e. The van der Waals surface area contributed by atoms with Crippen LogP contribution in [0.25, 0.3) is 0 Å². The summed E-state index contributed by atoms with van der Waals surface area (Å²) in [6.45, 7) is 1.16. The average Bonchev–Trinajstić information content (AvgIpc) is 3.29. The molecule has 122 valence electrons. The number of amides is 2. The van der Waals surface area contributed by atoms with Crippen LogP contribution in [0.2, 0.25) is 0 Å². The molecular weight excluding hydrogens is 292 g/mol. The first-order chi connectivity index (χ1) is 11.1. The summed E-state index contributed by atoms with van der Waals surface area (Å²) in [5.41, 5.74) is 1.23. The van der Waals surface area contributed by atoms with E-state index in [1.807, 2.05) is 23.1 Å². The topological polar surface area (TPSA) is 58.6 Å². The number of hydrogen-bond acceptors (Lipinski definition) is 3. The van der Waals surface area contributed by atoms with Crippen LogP contribution in [0.5, 0.6) is 5.75 Å². The third kappa shape index (κ3) is 2.13. The number of fused-ring (bicyclic) bond motifs is 2. The molecule has 0 unspecified atom stereocenters. The smallest absolute Gasteiger partial charge is 0.237 e. The van der Waals surface area contributed by atoms with E-state index in [-0.39, 0.29) is 17.7 Å². The first-order valence-corrected chi connectivity index (χ1v) is 8.43. The van der Waals surface area contributed by atoms with E-state index in [4.69, 9.17) is 4.74 Å². The molecule has 23 heavy (non-hydrogen) atoms. The Kier molecular flexibility index (Phi) is 3.32. The molecule has 0 bridgehead atoms. The zero-order valence-corrected chi connectivity index (χ0v) is 13.4. The predicted molar refractivity (Wildman–Crippen MR) is 86.5 cm³/mol. The molecule has 1 saturated heterocycles. The van der Waals surface area contributed by atoms with E-state index in [2.05, 4.69) is 5.32 Å². The Labute approximate surface area is 136 Å². The second-order valence-electron chi connectivity index (χ2n) is 6.94. The van der Waals surface area contributed by atoms with Crippen molar-refractivity contribution >= 4 is 17.5 Å². The van der Waals surface area contributed by atoms with Gasteiger partial charge in [0, 0.05) is 24.7 Å². The number of anilines is 1. The van der Waals surface area contributed by atoms with Gasteiger partial charge in [0.15, 0.2) is 0 Å². The average molecular weight is 314 g/mol. The Morgan fingerprint density at radius 1 is 1.35 bits per heavy atom. The highest BCUT2D eigenvalue weighted by Gasteiger charge is 2.52. The predicted octanol–water partition coefficient (Wildman–Crippen LogP) is 2.31. The SMILES string of the molecule is COc1ccc2c(c1)[C@@]1(CCN(C(=O)C3CCCC3)C1)C(=O)N2. The van der Waals surface area contributed by atoms with Gasteiger partial charge in [0.05, 0.1) is 12.5 Å². The minimum Gasteiger partial charge on any atom is -0.497 e. The highest BCUT2D eigenvalue weighted by molar-refractivity contribution is 6.07. The minimum atomic E-state index is -0.599. The van der Waals surface area contributed by atoms with Gasteiger partial charge in [0.1, 0.15) is 5.75 Å². The van der Waals surface area contributed by atoms with Crippen molar-refractivity contribution < 1.29 is 14.3 Å². The third-order valence-electron chi connectivity index (χ3n) is 5.71. The molecule has 5 nitrogen and oxygen atoms in total. The van der Waals surface area contributed by atoms with Gasteiger partial charge in [-0.25, -0.2) is 0 Å². The Morgan fingerprint density at radius 3 is 2.87 bits per heavy atom. The highest BCUT2D eigenvalue weighted by atomic mass is 16.5. The van der Waals surface area contributed by atoms with Crippen LogP contribution in [0.1, 0.15) is 37.7 Å². The van der Waals surface area contributed by atoms with Crippen molar-refractivity contribution in [1.29, 1.82) is 0 Å². The molecule has 5 heteroatoms. The van der Waals surface area contributed by atoms with Gasteiger partial charge in [-0.3, -0.25) is 9.59 Å². The molecule has 1 atom stereocenters. The summed E-state index contributed by atoms with van der Waals surface area (Å²) >= 11 is 0. The van der Waals surface area contributed by atoms with E-state index in [9.17, 15) is 9.59 Å². The second kappa shape index (κ2) is 5.25. The molecule has 2 fully saturated rings. The summed E-state index contributed by atoms with van der Waals surface area (Å²) in [6, 6.07) is 5.69. The van der Waals surface area contributed by atoms with Gasteiger partial charge in [-0.1, -0.05) is 12.8 Å². The van der Waals surface area contributed by atoms with Crippen LogP contribution in [-0.4, -0.2) is 36.9 Å². The monoisotopic (exact) mass is 314 g/mol. The number of ether oxygens (including phenoxy) is 1. The zero-order chi connectivity index (χ0) is 16.0. The summed E-state index contributed by atoms with van der Waals surface area (Å²) in [7, 11) is 1.63. The fourth-order valence-electron chi connectivity index (χ4n) is 4.35. The maximum absolute atomic E-state index is 12.7. The van der Waals surface area contributed by atoms with Crippen molar-refractivity contribution in [3.05, 3.63) is 23.8 Å². The fourth-order valence-corrected chi connectivity index (χ4v) is 4.35. The van der Waals surface area contributed by atoms with Crippen molar-refractivity contribution in [2.24, 2.45) is 5.92 Å². The lowest BCUT2D eigenvalue weighted by Gasteiger charge is -2.24. The van der Waals surface area contributed by atoms with Crippen LogP contribution in [0.4, 0.5) is 5.69 Å².